The Kier molecular flexibility index (Phi) is 8.41. The van der Waals surface area contributed by atoms with E-state index in [9.17, 15) is 22.9 Å². The first kappa shape index (κ1) is 28.3. The summed E-state index contributed by atoms with van der Waals surface area (Å²) in [6.45, 7) is 3.98. The molecule has 0 aliphatic rings. The van der Waals surface area contributed by atoms with E-state index in [4.69, 9.17) is 27.9 Å². The number of rotatable bonds is 8. The van der Waals surface area contributed by atoms with Gasteiger partial charge in [-0.15, -0.1) is 10.2 Å². The highest BCUT2D eigenvalue weighted by Gasteiger charge is 2.23. The van der Waals surface area contributed by atoms with E-state index in [1.54, 1.807) is 49.4 Å². The number of phenols is 1. The highest BCUT2D eigenvalue weighted by Crippen LogP contribution is 2.41. The average molecular weight is 588 g/mol. The molecule has 0 saturated carbocycles. The first-order chi connectivity index (χ1) is 18.5. The van der Waals surface area contributed by atoms with Crippen molar-refractivity contribution in [2.75, 3.05) is 11.9 Å². The molecule has 4 aromatic rings. The highest BCUT2D eigenvalue weighted by atomic mass is 35.5. The van der Waals surface area contributed by atoms with E-state index in [1.165, 1.54) is 18.2 Å². The van der Waals surface area contributed by atoms with Gasteiger partial charge in [0.1, 0.15) is 22.0 Å². The summed E-state index contributed by atoms with van der Waals surface area (Å²) in [5.74, 6) is -0.633. The summed E-state index contributed by atoms with van der Waals surface area (Å²) in [4.78, 5) is 12.8. The molecule has 0 atom stereocenters. The molecule has 4 rings (SSSR count). The van der Waals surface area contributed by atoms with Gasteiger partial charge < -0.3 is 15.2 Å². The quantitative estimate of drug-likeness (QED) is 0.142. The Morgan fingerprint density at radius 3 is 2.44 bits per heavy atom. The molecule has 0 saturated heterocycles. The Labute approximate surface area is 234 Å². The highest BCUT2D eigenvalue weighted by molar-refractivity contribution is 7.86. The molecule has 0 bridgehead atoms. The van der Waals surface area contributed by atoms with Crippen LogP contribution in [0.4, 0.5) is 17.1 Å². The van der Waals surface area contributed by atoms with Crippen LogP contribution in [0.15, 0.2) is 75.8 Å². The minimum Gasteiger partial charge on any atom is -0.505 e. The van der Waals surface area contributed by atoms with Crippen molar-refractivity contribution >= 4 is 67.1 Å². The Morgan fingerprint density at radius 2 is 1.77 bits per heavy atom. The van der Waals surface area contributed by atoms with Gasteiger partial charge in [-0.2, -0.15) is 8.42 Å². The van der Waals surface area contributed by atoms with Gasteiger partial charge in [0.05, 0.1) is 22.9 Å². The zero-order valence-corrected chi connectivity index (χ0v) is 23.1. The van der Waals surface area contributed by atoms with Gasteiger partial charge in [-0.3, -0.25) is 9.35 Å². The number of fused-ring (bicyclic) bond motifs is 1. The number of carbonyl (C=O) groups excluding carboxylic acids is 1. The van der Waals surface area contributed by atoms with Gasteiger partial charge in [0.2, 0.25) is 0 Å². The van der Waals surface area contributed by atoms with Gasteiger partial charge in [-0.05, 0) is 54.6 Å². The molecule has 12 heteroatoms. The number of halogens is 2. The maximum atomic E-state index is 13.2. The summed E-state index contributed by atoms with van der Waals surface area (Å²) in [6.07, 6.45) is 0.246. The summed E-state index contributed by atoms with van der Waals surface area (Å²) in [5.41, 5.74) is 0.109. The van der Waals surface area contributed by atoms with Crippen molar-refractivity contribution in [2.45, 2.75) is 25.2 Å². The number of hydrogen-bond acceptors (Lipinski definition) is 7. The molecule has 0 spiro atoms. The predicted octanol–water partition coefficient (Wildman–Crippen LogP) is 7.73. The molecule has 0 aliphatic heterocycles. The molecule has 0 aliphatic carbocycles. The minimum atomic E-state index is -4.68. The lowest BCUT2D eigenvalue weighted by molar-refractivity contribution is 0.102. The maximum absolute atomic E-state index is 13.2. The molecule has 0 aromatic heterocycles. The number of aryl methyl sites for hydroxylation is 1. The third kappa shape index (κ3) is 6.15. The van der Waals surface area contributed by atoms with Crippen LogP contribution in [0.3, 0.4) is 0 Å². The molecule has 3 N–H and O–H groups in total. The van der Waals surface area contributed by atoms with Crippen molar-refractivity contribution in [2.24, 2.45) is 10.2 Å². The predicted molar refractivity (Wildman–Crippen MR) is 151 cm³/mol. The zero-order valence-electron chi connectivity index (χ0n) is 20.8. The number of ether oxygens (including phenoxy) is 1. The normalized spacial score (nSPS) is 11.7. The number of nitrogens with one attached hydrogen (secondary N) is 1. The Balaban J connectivity index is 1.81. The third-order valence-corrected chi connectivity index (χ3v) is 7.27. The molecule has 0 heterocycles. The monoisotopic (exact) mass is 587 g/mol. The van der Waals surface area contributed by atoms with Crippen molar-refractivity contribution in [3.8, 4) is 11.5 Å². The van der Waals surface area contributed by atoms with Crippen LogP contribution in [-0.4, -0.2) is 30.6 Å². The molecular formula is C27H23Cl2N3O6S. The first-order valence-electron chi connectivity index (χ1n) is 11.7. The van der Waals surface area contributed by atoms with Gasteiger partial charge in [-0.25, -0.2) is 0 Å². The van der Waals surface area contributed by atoms with Crippen LogP contribution >= 0.6 is 23.2 Å². The lowest BCUT2D eigenvalue weighted by Crippen LogP contribution is -2.12. The van der Waals surface area contributed by atoms with Crippen LogP contribution in [-0.2, 0) is 16.5 Å². The largest absolute Gasteiger partial charge is 0.505 e. The van der Waals surface area contributed by atoms with Crippen molar-refractivity contribution in [1.29, 1.82) is 0 Å². The summed E-state index contributed by atoms with van der Waals surface area (Å²) in [6, 6.07) is 15.7. The summed E-state index contributed by atoms with van der Waals surface area (Å²) in [7, 11) is -4.68. The Hall–Kier alpha value is -3.70. The molecule has 0 radical (unpaired) electrons. The fraction of sp³-hybridized carbons (Fsp3) is 0.148. The number of carbonyl (C=O) groups is 1. The molecular weight excluding hydrogens is 565 g/mol. The summed E-state index contributed by atoms with van der Waals surface area (Å²) < 4.78 is 39.5. The second-order valence-electron chi connectivity index (χ2n) is 8.31. The van der Waals surface area contributed by atoms with Gasteiger partial charge in [0.15, 0.2) is 5.75 Å². The smallest absolute Gasteiger partial charge is 0.297 e. The Morgan fingerprint density at radius 1 is 1.03 bits per heavy atom. The van der Waals surface area contributed by atoms with Gasteiger partial charge in [0.25, 0.3) is 16.0 Å². The van der Waals surface area contributed by atoms with Crippen molar-refractivity contribution in [1.82, 2.24) is 0 Å². The van der Waals surface area contributed by atoms with E-state index in [0.717, 1.165) is 0 Å². The van der Waals surface area contributed by atoms with Crippen LogP contribution in [0.5, 0.6) is 11.5 Å². The van der Waals surface area contributed by atoms with E-state index in [-0.39, 0.29) is 39.0 Å². The second-order valence-corrected chi connectivity index (χ2v) is 10.5. The van der Waals surface area contributed by atoms with E-state index in [0.29, 0.717) is 28.8 Å². The number of azo groups is 1. The van der Waals surface area contributed by atoms with Crippen LogP contribution < -0.4 is 10.1 Å². The summed E-state index contributed by atoms with van der Waals surface area (Å²) >= 11 is 12.4. The number of amides is 1. The van der Waals surface area contributed by atoms with Gasteiger partial charge >= 0.3 is 0 Å². The van der Waals surface area contributed by atoms with Crippen molar-refractivity contribution in [3.63, 3.8) is 0 Å². The zero-order chi connectivity index (χ0) is 28.3. The number of benzene rings is 4. The van der Waals surface area contributed by atoms with Crippen molar-refractivity contribution in [3.05, 3.63) is 81.8 Å². The number of hydrogen-bond donors (Lipinski definition) is 3. The van der Waals surface area contributed by atoms with Crippen LogP contribution in [0.2, 0.25) is 10.0 Å². The van der Waals surface area contributed by atoms with E-state index in [2.05, 4.69) is 15.5 Å². The number of aromatic hydroxyl groups is 1. The molecule has 39 heavy (non-hydrogen) atoms. The minimum absolute atomic E-state index is 0.0876. The van der Waals surface area contributed by atoms with E-state index >= 15 is 0 Å². The van der Waals surface area contributed by atoms with Crippen LogP contribution in [0, 0.1) is 0 Å². The molecule has 4 aromatic carbocycles. The molecule has 0 unspecified atom stereocenters. The van der Waals surface area contributed by atoms with Crippen LogP contribution in [0.1, 0.15) is 29.8 Å². The Bertz CT molecular complexity index is 1720. The first-order valence-corrected chi connectivity index (χ1v) is 13.9. The van der Waals surface area contributed by atoms with Gasteiger partial charge in [0, 0.05) is 16.5 Å². The van der Waals surface area contributed by atoms with Crippen molar-refractivity contribution < 1.29 is 27.6 Å². The average Bonchev–Trinajstić information content (AvgIpc) is 2.88. The SMILES string of the molecule is CCOc1ccc(NC(=O)c2cc3ccccc3c(N=Nc3cc(Cl)cc(CC)c3S(=O)(=O)O)c2O)c(Cl)c1. The second kappa shape index (κ2) is 11.6. The number of anilines is 1. The van der Waals surface area contributed by atoms with E-state index < -0.39 is 26.7 Å². The molecule has 9 nitrogen and oxygen atoms in total. The third-order valence-electron chi connectivity index (χ3n) is 5.75. The fourth-order valence-electron chi connectivity index (χ4n) is 4.01. The molecule has 1 amide bonds. The maximum Gasteiger partial charge on any atom is 0.297 e. The topological polar surface area (TPSA) is 138 Å². The van der Waals surface area contributed by atoms with E-state index in [1.807, 2.05) is 6.92 Å². The lowest BCUT2D eigenvalue weighted by atomic mass is 10.0. The number of nitrogens with zero attached hydrogens (tertiary/aromatic N) is 2. The standard InChI is InChI=1S/C27H23Cl2N3O6S/c1-3-15-11-17(28)13-23(26(15)39(35,36)37)31-32-24-19-8-6-5-7-16(19)12-20(25(24)33)27(34)30-22-10-9-18(38-4-2)14-21(22)29/h5-14,33H,3-4H2,1-2H3,(H,30,34)(H,35,36,37). The molecule has 202 valence electrons. The summed E-state index contributed by atoms with van der Waals surface area (Å²) in [5, 5.41) is 23.3. The fourth-order valence-corrected chi connectivity index (χ4v) is 5.36. The van der Waals surface area contributed by atoms with Crippen LogP contribution in [0.25, 0.3) is 10.8 Å². The molecule has 0 fully saturated rings. The van der Waals surface area contributed by atoms with Gasteiger partial charge in [-0.1, -0.05) is 54.4 Å². The lowest BCUT2D eigenvalue weighted by Gasteiger charge is -2.13. The number of phenolic OH excluding ortho intramolecular Hbond substituents is 1.